The average Bonchev–Trinajstić information content (AvgIpc) is 3.45. The van der Waals surface area contributed by atoms with E-state index in [9.17, 15) is 0 Å². The first-order chi connectivity index (χ1) is 14.6. The summed E-state index contributed by atoms with van der Waals surface area (Å²) in [5.41, 5.74) is 1.25. The van der Waals surface area contributed by atoms with E-state index in [0.717, 1.165) is 70.2 Å². The minimum atomic E-state index is 0. The molecular weight excluding hydrogens is 416 g/mol. The van der Waals surface area contributed by atoms with E-state index in [2.05, 4.69) is 51.3 Å². The van der Waals surface area contributed by atoms with Crippen molar-refractivity contribution in [3.8, 4) is 5.75 Å². The first-order valence-electron chi connectivity index (χ1n) is 11.1. The number of aromatic nitrogens is 4. The van der Waals surface area contributed by atoms with Crippen LogP contribution in [-0.2, 0) is 11.3 Å². The van der Waals surface area contributed by atoms with Crippen LogP contribution in [0.15, 0.2) is 24.3 Å². The van der Waals surface area contributed by atoms with Crippen LogP contribution in [0.25, 0.3) is 0 Å². The molecule has 0 bridgehead atoms. The molecule has 31 heavy (non-hydrogen) atoms. The molecule has 2 atom stereocenters. The number of piperazine rings is 1. The smallest absolute Gasteiger partial charge is 0.168 e. The molecule has 2 aliphatic rings. The maximum atomic E-state index is 5.82. The van der Waals surface area contributed by atoms with Gasteiger partial charge in [-0.2, -0.15) is 0 Å². The molecule has 1 aromatic carbocycles. The lowest BCUT2D eigenvalue weighted by Gasteiger charge is -2.40. The number of anilines is 1. The van der Waals surface area contributed by atoms with Crippen molar-refractivity contribution in [2.24, 2.45) is 5.92 Å². The summed E-state index contributed by atoms with van der Waals surface area (Å²) in [4.78, 5) is 5.00. The van der Waals surface area contributed by atoms with Crippen molar-refractivity contribution in [1.82, 2.24) is 25.1 Å². The minimum absolute atomic E-state index is 0. The van der Waals surface area contributed by atoms with Gasteiger partial charge >= 0.3 is 0 Å². The summed E-state index contributed by atoms with van der Waals surface area (Å²) in [6, 6.07) is 8.58. The van der Waals surface area contributed by atoms with E-state index >= 15 is 0 Å². The van der Waals surface area contributed by atoms with E-state index in [4.69, 9.17) is 9.47 Å². The van der Waals surface area contributed by atoms with Crippen molar-refractivity contribution < 1.29 is 9.47 Å². The third kappa shape index (κ3) is 5.87. The van der Waals surface area contributed by atoms with E-state index in [0.29, 0.717) is 5.92 Å². The Labute approximate surface area is 191 Å². The number of hydrogen-bond donors (Lipinski definition) is 0. The SMILES string of the molecule is COc1ccc(N2CCN(C(CC(C)C)c3nnnn3CC3CCCO3)CC2)cc1.Cl. The van der Waals surface area contributed by atoms with Crippen molar-refractivity contribution in [3.05, 3.63) is 30.1 Å². The molecule has 9 heteroatoms. The van der Waals surface area contributed by atoms with Gasteiger partial charge in [-0.1, -0.05) is 13.8 Å². The third-order valence-electron chi connectivity index (χ3n) is 6.15. The molecule has 0 spiro atoms. The van der Waals surface area contributed by atoms with Crippen LogP contribution in [0.4, 0.5) is 5.69 Å². The van der Waals surface area contributed by atoms with Crippen LogP contribution >= 0.6 is 12.4 Å². The van der Waals surface area contributed by atoms with Crippen LogP contribution in [0, 0.1) is 5.92 Å². The number of tetrazole rings is 1. The fraction of sp³-hybridized carbons (Fsp3) is 0.682. The number of rotatable bonds is 8. The number of hydrogen-bond acceptors (Lipinski definition) is 7. The van der Waals surface area contributed by atoms with Crippen LogP contribution in [-0.4, -0.2) is 71.1 Å². The lowest BCUT2D eigenvalue weighted by molar-refractivity contribution is 0.0885. The molecule has 4 rings (SSSR count). The van der Waals surface area contributed by atoms with Gasteiger partial charge in [0.25, 0.3) is 0 Å². The van der Waals surface area contributed by atoms with Gasteiger partial charge in [0.1, 0.15) is 5.75 Å². The molecule has 0 saturated carbocycles. The quantitative estimate of drug-likeness (QED) is 0.611. The van der Waals surface area contributed by atoms with Gasteiger partial charge in [-0.25, -0.2) is 4.68 Å². The van der Waals surface area contributed by atoms with Crippen molar-refractivity contribution in [3.63, 3.8) is 0 Å². The predicted molar refractivity (Wildman–Crippen MR) is 123 cm³/mol. The lowest BCUT2D eigenvalue weighted by atomic mass is 10.0. The highest BCUT2D eigenvalue weighted by Crippen LogP contribution is 2.29. The standard InChI is InChI=1S/C22H34N6O2.ClH/c1-17(2)15-21(22-23-24-25-28(22)16-20-5-4-14-30-20)27-12-10-26(11-13-27)18-6-8-19(29-3)9-7-18;/h6-9,17,20-21H,4-5,10-16H2,1-3H3;1H. The number of halogens is 1. The van der Waals surface area contributed by atoms with Gasteiger partial charge in [0.2, 0.25) is 0 Å². The molecule has 0 N–H and O–H groups in total. The van der Waals surface area contributed by atoms with Crippen LogP contribution in [0.3, 0.4) is 0 Å². The Morgan fingerprint density at radius 3 is 2.48 bits per heavy atom. The molecule has 2 saturated heterocycles. The largest absolute Gasteiger partial charge is 0.497 e. The molecule has 0 aliphatic carbocycles. The molecule has 1 aromatic heterocycles. The Balaban J connectivity index is 0.00000272. The average molecular weight is 451 g/mol. The summed E-state index contributed by atoms with van der Waals surface area (Å²) < 4.78 is 13.1. The van der Waals surface area contributed by atoms with Crippen molar-refractivity contribution >= 4 is 18.1 Å². The van der Waals surface area contributed by atoms with Gasteiger partial charge in [0.15, 0.2) is 5.82 Å². The molecule has 8 nitrogen and oxygen atoms in total. The molecule has 2 aliphatic heterocycles. The number of methoxy groups -OCH3 is 1. The van der Waals surface area contributed by atoms with E-state index in [1.54, 1.807) is 7.11 Å². The monoisotopic (exact) mass is 450 g/mol. The first kappa shape index (κ1) is 23.8. The molecule has 2 unspecified atom stereocenters. The van der Waals surface area contributed by atoms with E-state index < -0.39 is 0 Å². The molecule has 172 valence electrons. The van der Waals surface area contributed by atoms with Gasteiger partial charge < -0.3 is 14.4 Å². The second-order valence-corrected chi connectivity index (χ2v) is 8.72. The van der Waals surface area contributed by atoms with Crippen LogP contribution in [0.5, 0.6) is 5.75 Å². The van der Waals surface area contributed by atoms with Gasteiger partial charge in [-0.3, -0.25) is 4.90 Å². The maximum Gasteiger partial charge on any atom is 0.168 e. The van der Waals surface area contributed by atoms with E-state index in [1.807, 2.05) is 16.8 Å². The summed E-state index contributed by atoms with van der Waals surface area (Å²) in [5.74, 6) is 2.45. The Bertz CT molecular complexity index is 786. The van der Waals surface area contributed by atoms with E-state index in [-0.39, 0.29) is 24.6 Å². The zero-order valence-corrected chi connectivity index (χ0v) is 19.6. The summed E-state index contributed by atoms with van der Waals surface area (Å²) in [6.45, 7) is 10.1. The molecule has 0 radical (unpaired) electrons. The third-order valence-corrected chi connectivity index (χ3v) is 6.15. The highest BCUT2D eigenvalue weighted by atomic mass is 35.5. The zero-order chi connectivity index (χ0) is 20.9. The molecule has 2 fully saturated rings. The van der Waals surface area contributed by atoms with Crippen LogP contribution in [0.2, 0.25) is 0 Å². The predicted octanol–water partition coefficient (Wildman–Crippen LogP) is 3.19. The summed E-state index contributed by atoms with van der Waals surface area (Å²) in [7, 11) is 1.70. The summed E-state index contributed by atoms with van der Waals surface area (Å²) >= 11 is 0. The molecular formula is C22H35ClN6O2. The molecule has 0 amide bonds. The zero-order valence-electron chi connectivity index (χ0n) is 18.8. The Morgan fingerprint density at radius 1 is 1.13 bits per heavy atom. The van der Waals surface area contributed by atoms with E-state index in [1.165, 1.54) is 5.69 Å². The highest BCUT2D eigenvalue weighted by Gasteiger charge is 2.31. The van der Waals surface area contributed by atoms with Gasteiger partial charge in [-0.05, 0) is 59.9 Å². The Hall–Kier alpha value is -1.90. The summed E-state index contributed by atoms with van der Waals surface area (Å²) in [5, 5.41) is 12.8. The van der Waals surface area contributed by atoms with Gasteiger partial charge in [0.05, 0.1) is 25.8 Å². The lowest BCUT2D eigenvalue weighted by Crippen LogP contribution is -2.48. The molecule has 3 heterocycles. The topological polar surface area (TPSA) is 68.5 Å². The number of benzene rings is 1. The number of ether oxygens (including phenoxy) is 2. The molecule has 2 aromatic rings. The maximum absolute atomic E-state index is 5.82. The fourth-order valence-electron chi connectivity index (χ4n) is 4.51. The Morgan fingerprint density at radius 2 is 1.87 bits per heavy atom. The highest BCUT2D eigenvalue weighted by molar-refractivity contribution is 5.85. The van der Waals surface area contributed by atoms with Crippen LogP contribution < -0.4 is 9.64 Å². The fourth-order valence-corrected chi connectivity index (χ4v) is 4.51. The second-order valence-electron chi connectivity index (χ2n) is 8.72. The van der Waals surface area contributed by atoms with Crippen molar-refractivity contribution in [1.29, 1.82) is 0 Å². The van der Waals surface area contributed by atoms with Crippen molar-refractivity contribution in [2.45, 2.75) is 51.8 Å². The minimum Gasteiger partial charge on any atom is -0.497 e. The number of nitrogens with zero attached hydrogens (tertiary/aromatic N) is 6. The first-order valence-corrected chi connectivity index (χ1v) is 11.1. The summed E-state index contributed by atoms with van der Waals surface area (Å²) in [6.07, 6.45) is 3.51. The van der Waals surface area contributed by atoms with Crippen LogP contribution in [0.1, 0.15) is 45.0 Å². The normalized spacial score (nSPS) is 20.6. The second kappa shape index (κ2) is 11.1. The van der Waals surface area contributed by atoms with Gasteiger partial charge in [-0.15, -0.1) is 17.5 Å². The Kier molecular flexibility index (Phi) is 8.51. The van der Waals surface area contributed by atoms with Crippen molar-refractivity contribution in [2.75, 3.05) is 44.8 Å². The van der Waals surface area contributed by atoms with Gasteiger partial charge in [0, 0.05) is 38.5 Å².